The van der Waals surface area contributed by atoms with Gasteiger partial charge in [-0.3, -0.25) is 9.59 Å². The number of carboxylic acid groups (broad SMARTS) is 1. The number of aliphatic carboxylic acids is 1. The lowest BCUT2D eigenvalue weighted by Gasteiger charge is -2.39. The molecule has 134 valence electrons. The van der Waals surface area contributed by atoms with Gasteiger partial charge in [0.25, 0.3) is 0 Å². The summed E-state index contributed by atoms with van der Waals surface area (Å²) in [5.41, 5.74) is 2.10. The summed E-state index contributed by atoms with van der Waals surface area (Å²) in [7, 11) is 0. The molecule has 2 amide bonds. The Hall–Kier alpha value is -2.41. The van der Waals surface area contributed by atoms with E-state index >= 15 is 0 Å². The minimum absolute atomic E-state index is 0.00124. The van der Waals surface area contributed by atoms with Crippen LogP contribution in [-0.4, -0.2) is 65.0 Å². The van der Waals surface area contributed by atoms with Gasteiger partial charge in [-0.05, 0) is 17.5 Å². The number of carbonyl (C=O) groups is 3. The number of carboxylic acids is 1. The van der Waals surface area contributed by atoms with Gasteiger partial charge in [-0.1, -0.05) is 24.3 Å². The summed E-state index contributed by atoms with van der Waals surface area (Å²) in [6.07, 6.45) is 0.843. The highest BCUT2D eigenvalue weighted by molar-refractivity contribution is 5.85. The Morgan fingerprint density at radius 3 is 2.68 bits per heavy atom. The first kappa shape index (κ1) is 17.4. The van der Waals surface area contributed by atoms with Crippen LogP contribution in [-0.2, 0) is 25.5 Å². The van der Waals surface area contributed by atoms with Crippen molar-refractivity contribution in [3.63, 3.8) is 0 Å². The van der Waals surface area contributed by atoms with Crippen LogP contribution in [0.2, 0.25) is 0 Å². The quantitative estimate of drug-likeness (QED) is 0.876. The molecule has 1 saturated heterocycles. The minimum atomic E-state index is -1.07. The van der Waals surface area contributed by atoms with Gasteiger partial charge in [0.1, 0.15) is 0 Å². The maximum atomic E-state index is 12.8. The highest BCUT2D eigenvalue weighted by atomic mass is 16.5. The van der Waals surface area contributed by atoms with Crippen molar-refractivity contribution in [2.45, 2.75) is 31.8 Å². The average molecular weight is 346 g/mol. The molecule has 1 fully saturated rings. The number of amides is 2. The van der Waals surface area contributed by atoms with Crippen LogP contribution in [0.25, 0.3) is 0 Å². The first-order valence-corrected chi connectivity index (χ1v) is 8.44. The van der Waals surface area contributed by atoms with Gasteiger partial charge in [0.2, 0.25) is 11.8 Å². The van der Waals surface area contributed by atoms with E-state index in [2.05, 4.69) is 0 Å². The minimum Gasteiger partial charge on any atom is -0.480 e. The van der Waals surface area contributed by atoms with Crippen LogP contribution < -0.4 is 0 Å². The van der Waals surface area contributed by atoms with E-state index < -0.39 is 12.0 Å². The molecule has 0 unspecified atom stereocenters. The molecule has 3 rings (SSSR count). The standard InChI is InChI=1S/C18H22N2O5/c1-12(21)19-7-6-13-4-2-3-5-14(13)15(19)10-17(22)20-8-9-25-11-16(20)18(23)24/h2-5,15-16H,6-11H2,1H3,(H,23,24)/t15-,16-/m0/s1. The van der Waals surface area contributed by atoms with Crippen LogP contribution in [0.15, 0.2) is 24.3 Å². The van der Waals surface area contributed by atoms with Crippen molar-refractivity contribution >= 4 is 17.8 Å². The molecule has 2 aliphatic rings. The van der Waals surface area contributed by atoms with Gasteiger partial charge in [0.15, 0.2) is 6.04 Å². The van der Waals surface area contributed by atoms with E-state index in [0.29, 0.717) is 13.2 Å². The third-order valence-corrected chi connectivity index (χ3v) is 4.92. The molecular formula is C18H22N2O5. The topological polar surface area (TPSA) is 87.2 Å². The second-order valence-electron chi connectivity index (χ2n) is 6.40. The van der Waals surface area contributed by atoms with Crippen molar-refractivity contribution < 1.29 is 24.2 Å². The molecule has 7 nitrogen and oxygen atoms in total. The maximum absolute atomic E-state index is 12.8. The number of rotatable bonds is 3. The zero-order valence-corrected chi connectivity index (χ0v) is 14.2. The molecule has 0 aromatic heterocycles. The van der Waals surface area contributed by atoms with E-state index in [1.807, 2.05) is 24.3 Å². The molecule has 25 heavy (non-hydrogen) atoms. The number of morpholine rings is 1. The van der Waals surface area contributed by atoms with Crippen molar-refractivity contribution in [2.24, 2.45) is 0 Å². The number of ether oxygens (including phenoxy) is 1. The molecule has 2 aliphatic heterocycles. The van der Waals surface area contributed by atoms with Crippen molar-refractivity contribution in [1.82, 2.24) is 9.80 Å². The Balaban J connectivity index is 1.84. The molecule has 7 heteroatoms. The first-order chi connectivity index (χ1) is 12.0. The molecule has 2 atom stereocenters. The molecule has 1 aromatic rings. The van der Waals surface area contributed by atoms with E-state index in [1.54, 1.807) is 4.90 Å². The van der Waals surface area contributed by atoms with Crippen LogP contribution in [0, 0.1) is 0 Å². The van der Waals surface area contributed by atoms with Crippen LogP contribution in [0.1, 0.15) is 30.5 Å². The van der Waals surface area contributed by atoms with Gasteiger partial charge in [0.05, 0.1) is 25.7 Å². The highest BCUT2D eigenvalue weighted by Gasteiger charge is 2.36. The third kappa shape index (κ3) is 3.51. The van der Waals surface area contributed by atoms with Gasteiger partial charge in [-0.25, -0.2) is 4.79 Å². The SMILES string of the molecule is CC(=O)N1CCc2ccccc2[C@@H]1CC(=O)N1CCOC[C@H]1C(=O)O. The van der Waals surface area contributed by atoms with Gasteiger partial charge < -0.3 is 19.6 Å². The fourth-order valence-corrected chi connectivity index (χ4v) is 3.64. The van der Waals surface area contributed by atoms with Crippen molar-refractivity contribution in [3.8, 4) is 0 Å². The predicted octanol–water partition coefficient (Wildman–Crippen LogP) is 0.834. The molecule has 0 saturated carbocycles. The van der Waals surface area contributed by atoms with E-state index in [0.717, 1.165) is 17.5 Å². The summed E-state index contributed by atoms with van der Waals surface area (Å²) in [6, 6.07) is 6.48. The molecule has 1 N–H and O–H groups in total. The van der Waals surface area contributed by atoms with Gasteiger partial charge in [-0.2, -0.15) is 0 Å². The fraction of sp³-hybridized carbons (Fsp3) is 0.500. The maximum Gasteiger partial charge on any atom is 0.328 e. The van der Waals surface area contributed by atoms with Crippen molar-refractivity contribution in [1.29, 1.82) is 0 Å². The second-order valence-corrected chi connectivity index (χ2v) is 6.40. The molecular weight excluding hydrogens is 324 g/mol. The number of hydrogen-bond donors (Lipinski definition) is 1. The number of hydrogen-bond acceptors (Lipinski definition) is 4. The van der Waals surface area contributed by atoms with Crippen LogP contribution in [0.5, 0.6) is 0 Å². The monoisotopic (exact) mass is 346 g/mol. The molecule has 2 heterocycles. The Morgan fingerprint density at radius 1 is 1.20 bits per heavy atom. The van der Waals surface area contributed by atoms with Gasteiger partial charge in [0, 0.05) is 20.0 Å². The largest absolute Gasteiger partial charge is 0.480 e. The van der Waals surface area contributed by atoms with E-state index in [9.17, 15) is 19.5 Å². The first-order valence-electron chi connectivity index (χ1n) is 8.44. The zero-order chi connectivity index (χ0) is 18.0. The Bertz CT molecular complexity index is 690. The van der Waals surface area contributed by atoms with Crippen LogP contribution in [0.3, 0.4) is 0 Å². The van der Waals surface area contributed by atoms with Crippen molar-refractivity contribution in [3.05, 3.63) is 35.4 Å². The Kier molecular flexibility index (Phi) is 5.03. The van der Waals surface area contributed by atoms with E-state index in [-0.39, 0.29) is 37.4 Å². The lowest BCUT2D eigenvalue weighted by atomic mass is 9.90. The van der Waals surface area contributed by atoms with Crippen LogP contribution >= 0.6 is 0 Å². The normalized spacial score (nSPS) is 23.1. The molecule has 0 aliphatic carbocycles. The molecule has 0 bridgehead atoms. The lowest BCUT2D eigenvalue weighted by Crippen LogP contribution is -2.53. The fourth-order valence-electron chi connectivity index (χ4n) is 3.64. The summed E-state index contributed by atoms with van der Waals surface area (Å²) in [4.78, 5) is 39.3. The zero-order valence-electron chi connectivity index (χ0n) is 14.2. The number of fused-ring (bicyclic) bond motifs is 1. The smallest absolute Gasteiger partial charge is 0.328 e. The highest BCUT2D eigenvalue weighted by Crippen LogP contribution is 2.33. The number of benzene rings is 1. The summed E-state index contributed by atoms with van der Waals surface area (Å²) in [5.74, 6) is -1.41. The summed E-state index contributed by atoms with van der Waals surface area (Å²) < 4.78 is 5.19. The molecule has 1 aromatic carbocycles. The van der Waals surface area contributed by atoms with Gasteiger partial charge >= 0.3 is 5.97 Å². The van der Waals surface area contributed by atoms with E-state index in [4.69, 9.17) is 4.74 Å². The summed E-state index contributed by atoms with van der Waals surface area (Å²) >= 11 is 0. The number of carbonyl (C=O) groups excluding carboxylic acids is 2. The average Bonchev–Trinajstić information content (AvgIpc) is 2.61. The van der Waals surface area contributed by atoms with Crippen molar-refractivity contribution in [2.75, 3.05) is 26.3 Å². The Labute approximate surface area is 146 Å². The molecule has 0 spiro atoms. The number of nitrogens with zero attached hydrogens (tertiary/aromatic N) is 2. The molecule has 0 radical (unpaired) electrons. The summed E-state index contributed by atoms with van der Waals surface area (Å²) in [5, 5.41) is 9.32. The van der Waals surface area contributed by atoms with Gasteiger partial charge in [-0.15, -0.1) is 0 Å². The summed E-state index contributed by atoms with van der Waals surface area (Å²) in [6.45, 7) is 2.64. The van der Waals surface area contributed by atoms with E-state index in [1.165, 1.54) is 11.8 Å². The van der Waals surface area contributed by atoms with Crippen LogP contribution in [0.4, 0.5) is 0 Å². The Morgan fingerprint density at radius 2 is 1.96 bits per heavy atom. The third-order valence-electron chi connectivity index (χ3n) is 4.92. The lowest BCUT2D eigenvalue weighted by molar-refractivity contribution is -0.159. The predicted molar refractivity (Wildman–Crippen MR) is 88.8 cm³/mol. The second kappa shape index (κ2) is 7.23.